The molecule has 0 aliphatic heterocycles. The van der Waals surface area contributed by atoms with Crippen molar-refractivity contribution >= 4 is 33.4 Å². The minimum absolute atomic E-state index is 0.0424. The second-order valence-electron chi connectivity index (χ2n) is 6.23. The van der Waals surface area contributed by atoms with E-state index < -0.39 is 25.0 Å². The Bertz CT molecular complexity index is 1160. The van der Waals surface area contributed by atoms with Gasteiger partial charge < -0.3 is 19.8 Å². The van der Waals surface area contributed by atoms with Crippen LogP contribution in [0.4, 0.5) is 8.78 Å². The van der Waals surface area contributed by atoms with Crippen LogP contribution in [0, 0.1) is 13.8 Å². The first-order valence-corrected chi connectivity index (χ1v) is 9.54. The number of fused-ring (bicyclic) bond motifs is 1. The number of thiophene rings is 1. The van der Waals surface area contributed by atoms with Crippen LogP contribution < -0.4 is 15.6 Å². The number of carbonyl (C=O) groups excluding carboxylic acids is 2. The standard InChI is InChI=1S/C19H17F2N3O5S/c1-9-10(2)30-18-15(9)17(27)23-13(24-18)8-28-14(25)7-22-16(26)11-4-3-5-12(6-11)29-19(20)21/h3-6,19H,7-8H2,1-2H3,(H,22,26)(H,23,24,27). The van der Waals surface area contributed by atoms with Crippen molar-refractivity contribution in [3.05, 3.63) is 56.4 Å². The summed E-state index contributed by atoms with van der Waals surface area (Å²) in [5, 5.41) is 2.83. The number of carbonyl (C=O) groups is 2. The van der Waals surface area contributed by atoms with Crippen LogP contribution in [0.3, 0.4) is 0 Å². The molecule has 30 heavy (non-hydrogen) atoms. The molecule has 3 rings (SSSR count). The number of H-pyrrole nitrogens is 1. The highest BCUT2D eigenvalue weighted by atomic mass is 32.1. The lowest BCUT2D eigenvalue weighted by molar-refractivity contribution is -0.143. The Morgan fingerprint density at radius 3 is 2.80 bits per heavy atom. The molecule has 0 bridgehead atoms. The van der Waals surface area contributed by atoms with Crippen molar-refractivity contribution < 1.29 is 27.8 Å². The van der Waals surface area contributed by atoms with Gasteiger partial charge in [-0.3, -0.25) is 14.4 Å². The second-order valence-corrected chi connectivity index (χ2v) is 7.43. The number of aromatic amines is 1. The second kappa shape index (κ2) is 8.99. The third-order valence-corrected chi connectivity index (χ3v) is 5.27. The van der Waals surface area contributed by atoms with E-state index in [0.29, 0.717) is 10.2 Å². The highest BCUT2D eigenvalue weighted by Gasteiger charge is 2.14. The summed E-state index contributed by atoms with van der Waals surface area (Å²) in [5.41, 5.74) is 0.589. The molecule has 1 aromatic carbocycles. The Balaban J connectivity index is 1.56. The van der Waals surface area contributed by atoms with Gasteiger partial charge >= 0.3 is 12.6 Å². The first-order chi connectivity index (χ1) is 14.2. The van der Waals surface area contributed by atoms with E-state index >= 15 is 0 Å². The molecule has 3 aromatic rings. The van der Waals surface area contributed by atoms with Crippen LogP contribution in [0.5, 0.6) is 5.75 Å². The van der Waals surface area contributed by atoms with Crippen LogP contribution in [0.1, 0.15) is 26.6 Å². The van der Waals surface area contributed by atoms with Crippen molar-refractivity contribution in [1.82, 2.24) is 15.3 Å². The predicted molar refractivity (Wildman–Crippen MR) is 105 cm³/mol. The molecule has 0 saturated carbocycles. The van der Waals surface area contributed by atoms with Gasteiger partial charge in [-0.2, -0.15) is 8.78 Å². The summed E-state index contributed by atoms with van der Waals surface area (Å²) >= 11 is 1.37. The molecule has 8 nitrogen and oxygen atoms in total. The fraction of sp³-hybridized carbons (Fsp3) is 0.263. The normalized spacial score (nSPS) is 11.0. The van der Waals surface area contributed by atoms with Crippen molar-refractivity contribution in [2.45, 2.75) is 27.1 Å². The molecule has 0 unspecified atom stereocenters. The van der Waals surface area contributed by atoms with E-state index in [2.05, 4.69) is 20.0 Å². The zero-order chi connectivity index (χ0) is 21.8. The summed E-state index contributed by atoms with van der Waals surface area (Å²) in [6.07, 6.45) is 0. The van der Waals surface area contributed by atoms with E-state index in [1.54, 1.807) is 0 Å². The van der Waals surface area contributed by atoms with E-state index in [1.165, 1.54) is 29.5 Å². The fourth-order valence-corrected chi connectivity index (χ4v) is 3.68. The van der Waals surface area contributed by atoms with Gasteiger partial charge in [-0.25, -0.2) is 4.98 Å². The van der Waals surface area contributed by atoms with Gasteiger partial charge in [0.15, 0.2) is 0 Å². The highest BCUT2D eigenvalue weighted by Crippen LogP contribution is 2.25. The highest BCUT2D eigenvalue weighted by molar-refractivity contribution is 7.18. The molecule has 0 radical (unpaired) electrons. The molecule has 0 saturated heterocycles. The molecule has 0 fully saturated rings. The van der Waals surface area contributed by atoms with Crippen LogP contribution in [-0.4, -0.2) is 35.0 Å². The number of halogens is 2. The number of hydrogen-bond donors (Lipinski definition) is 2. The van der Waals surface area contributed by atoms with Crippen molar-refractivity contribution in [1.29, 1.82) is 0 Å². The smallest absolute Gasteiger partial charge is 0.387 e. The van der Waals surface area contributed by atoms with Gasteiger partial charge in [-0.15, -0.1) is 11.3 Å². The quantitative estimate of drug-likeness (QED) is 0.550. The van der Waals surface area contributed by atoms with Crippen molar-refractivity contribution in [2.75, 3.05) is 6.54 Å². The molecular formula is C19H17F2N3O5S. The largest absolute Gasteiger partial charge is 0.456 e. The first-order valence-electron chi connectivity index (χ1n) is 8.72. The first kappa shape index (κ1) is 21.4. The van der Waals surface area contributed by atoms with Crippen LogP contribution in [0.25, 0.3) is 10.2 Å². The van der Waals surface area contributed by atoms with Gasteiger partial charge in [0.25, 0.3) is 11.5 Å². The Hall–Kier alpha value is -3.34. The predicted octanol–water partition coefficient (Wildman–Crippen LogP) is 2.68. The van der Waals surface area contributed by atoms with Crippen LogP contribution in [0.15, 0.2) is 29.1 Å². The summed E-state index contributed by atoms with van der Waals surface area (Å²) in [6, 6.07) is 5.16. The molecule has 0 aliphatic carbocycles. The summed E-state index contributed by atoms with van der Waals surface area (Å²) in [7, 11) is 0. The van der Waals surface area contributed by atoms with Crippen LogP contribution >= 0.6 is 11.3 Å². The zero-order valence-corrected chi connectivity index (χ0v) is 16.8. The third kappa shape index (κ3) is 4.98. The number of amides is 1. The summed E-state index contributed by atoms with van der Waals surface area (Å²) in [5.74, 6) is -1.41. The molecular weight excluding hydrogens is 420 g/mol. The lowest BCUT2D eigenvalue weighted by Crippen LogP contribution is -2.30. The summed E-state index contributed by atoms with van der Waals surface area (Å²) in [6.45, 7) is -0.0166. The Morgan fingerprint density at radius 1 is 1.30 bits per heavy atom. The maximum atomic E-state index is 12.3. The fourth-order valence-electron chi connectivity index (χ4n) is 2.64. The minimum Gasteiger partial charge on any atom is -0.456 e. The number of benzene rings is 1. The molecule has 0 spiro atoms. The minimum atomic E-state index is -3.01. The van der Waals surface area contributed by atoms with Crippen LogP contribution in [0.2, 0.25) is 0 Å². The number of ether oxygens (including phenoxy) is 2. The molecule has 11 heteroatoms. The monoisotopic (exact) mass is 437 g/mol. The third-order valence-electron chi connectivity index (χ3n) is 4.17. The van der Waals surface area contributed by atoms with Crippen molar-refractivity contribution in [2.24, 2.45) is 0 Å². The number of aromatic nitrogens is 2. The molecule has 0 aliphatic rings. The molecule has 2 heterocycles. The van der Waals surface area contributed by atoms with E-state index in [4.69, 9.17) is 4.74 Å². The SMILES string of the molecule is Cc1sc2nc(COC(=O)CNC(=O)c3cccc(OC(F)F)c3)[nH]c(=O)c2c1C. The number of aryl methyl sites for hydroxylation is 2. The zero-order valence-electron chi connectivity index (χ0n) is 16.0. The van der Waals surface area contributed by atoms with Gasteiger partial charge in [0.2, 0.25) is 0 Å². The molecule has 158 valence electrons. The molecule has 0 atom stereocenters. The number of rotatable bonds is 7. The lowest BCUT2D eigenvalue weighted by atomic mass is 10.2. The summed E-state index contributed by atoms with van der Waals surface area (Å²) in [4.78, 5) is 44.6. The van der Waals surface area contributed by atoms with E-state index in [9.17, 15) is 23.2 Å². The average Bonchev–Trinajstić information content (AvgIpc) is 2.98. The van der Waals surface area contributed by atoms with Gasteiger partial charge in [-0.1, -0.05) is 6.07 Å². The van der Waals surface area contributed by atoms with Gasteiger partial charge in [0, 0.05) is 10.4 Å². The molecule has 2 aromatic heterocycles. The van der Waals surface area contributed by atoms with E-state index in [1.807, 2.05) is 13.8 Å². The number of alkyl halides is 2. The lowest BCUT2D eigenvalue weighted by Gasteiger charge is -2.08. The average molecular weight is 437 g/mol. The number of hydrogen-bond acceptors (Lipinski definition) is 7. The van der Waals surface area contributed by atoms with E-state index in [0.717, 1.165) is 16.5 Å². The number of nitrogens with one attached hydrogen (secondary N) is 2. The number of nitrogens with zero attached hydrogens (tertiary/aromatic N) is 1. The Kier molecular flexibility index (Phi) is 6.40. The number of esters is 1. The molecule has 1 amide bonds. The Labute approximate surface area is 172 Å². The van der Waals surface area contributed by atoms with Gasteiger partial charge in [0.1, 0.15) is 29.6 Å². The van der Waals surface area contributed by atoms with Crippen LogP contribution in [-0.2, 0) is 16.1 Å². The topological polar surface area (TPSA) is 110 Å². The van der Waals surface area contributed by atoms with Gasteiger partial charge in [0.05, 0.1) is 5.39 Å². The van der Waals surface area contributed by atoms with E-state index in [-0.39, 0.29) is 29.3 Å². The maximum absolute atomic E-state index is 12.3. The maximum Gasteiger partial charge on any atom is 0.387 e. The molecule has 2 N–H and O–H groups in total. The van der Waals surface area contributed by atoms with Gasteiger partial charge in [-0.05, 0) is 37.6 Å². The van der Waals surface area contributed by atoms with Crippen molar-refractivity contribution in [3.63, 3.8) is 0 Å². The van der Waals surface area contributed by atoms with Crippen molar-refractivity contribution in [3.8, 4) is 5.75 Å². The summed E-state index contributed by atoms with van der Waals surface area (Å²) < 4.78 is 33.8. The Morgan fingerprint density at radius 2 is 2.07 bits per heavy atom.